The molecule has 1 fully saturated rings. The maximum atomic E-state index is 13.1. The molecule has 96 valence electrons. The Balaban J connectivity index is 2.16. The summed E-state index contributed by atoms with van der Waals surface area (Å²) in [6.07, 6.45) is 2.30. The molecule has 1 aliphatic rings. The highest BCUT2D eigenvalue weighted by atomic mass is 79.9. The van der Waals surface area contributed by atoms with E-state index in [1.807, 2.05) is 0 Å². The van der Waals surface area contributed by atoms with Gasteiger partial charge in [-0.1, -0.05) is 18.6 Å². The highest BCUT2D eigenvalue weighted by Crippen LogP contribution is 2.42. The van der Waals surface area contributed by atoms with Gasteiger partial charge in [0.1, 0.15) is 5.82 Å². The van der Waals surface area contributed by atoms with Gasteiger partial charge < -0.3 is 11.1 Å². The zero-order valence-corrected chi connectivity index (χ0v) is 11.9. The number of carbonyl (C=O) groups is 1. The summed E-state index contributed by atoms with van der Waals surface area (Å²) >= 11 is 8.04. The van der Waals surface area contributed by atoms with E-state index in [0.717, 1.165) is 6.42 Å². The standard InChI is InChI=1S/C12H12BrFN2OS/c13-8-6-7(2-3-9(8)14)16-11(17)12(10(15)18)4-1-5-12/h2-3,6H,1,4-5H2,(H2,15,18)(H,16,17). The first-order chi connectivity index (χ1) is 8.45. The Hall–Kier alpha value is -1.01. The summed E-state index contributed by atoms with van der Waals surface area (Å²) in [6, 6.07) is 4.30. The van der Waals surface area contributed by atoms with Gasteiger partial charge in [0, 0.05) is 5.69 Å². The second-order valence-electron chi connectivity index (χ2n) is 4.38. The van der Waals surface area contributed by atoms with Crippen LogP contribution in [-0.2, 0) is 4.79 Å². The molecule has 1 aromatic carbocycles. The van der Waals surface area contributed by atoms with Crippen LogP contribution in [0.3, 0.4) is 0 Å². The van der Waals surface area contributed by atoms with Crippen molar-refractivity contribution in [2.45, 2.75) is 19.3 Å². The molecule has 0 heterocycles. The zero-order valence-electron chi connectivity index (χ0n) is 9.50. The van der Waals surface area contributed by atoms with Crippen molar-refractivity contribution in [3.63, 3.8) is 0 Å². The van der Waals surface area contributed by atoms with Crippen LogP contribution >= 0.6 is 28.1 Å². The van der Waals surface area contributed by atoms with Gasteiger partial charge in [0.15, 0.2) is 0 Å². The van der Waals surface area contributed by atoms with E-state index in [0.29, 0.717) is 23.0 Å². The lowest BCUT2D eigenvalue weighted by Gasteiger charge is -2.39. The summed E-state index contributed by atoms with van der Waals surface area (Å²) in [6.45, 7) is 0. The third-order valence-corrected chi connectivity index (χ3v) is 4.29. The molecule has 6 heteroatoms. The molecule has 1 saturated carbocycles. The third-order valence-electron chi connectivity index (χ3n) is 3.29. The predicted molar refractivity (Wildman–Crippen MR) is 75.8 cm³/mol. The largest absolute Gasteiger partial charge is 0.392 e. The van der Waals surface area contributed by atoms with Gasteiger partial charge in [-0.25, -0.2) is 4.39 Å². The number of hydrogen-bond donors (Lipinski definition) is 2. The average molecular weight is 331 g/mol. The average Bonchev–Trinajstić information content (AvgIpc) is 2.21. The van der Waals surface area contributed by atoms with Crippen LogP contribution in [0.1, 0.15) is 19.3 Å². The Bertz CT molecular complexity index is 517. The number of halogens is 2. The summed E-state index contributed by atoms with van der Waals surface area (Å²) < 4.78 is 13.4. The number of rotatable bonds is 3. The highest BCUT2D eigenvalue weighted by molar-refractivity contribution is 9.10. The molecule has 3 N–H and O–H groups in total. The lowest BCUT2D eigenvalue weighted by Crippen LogP contribution is -2.50. The van der Waals surface area contributed by atoms with E-state index >= 15 is 0 Å². The number of nitrogens with one attached hydrogen (secondary N) is 1. The van der Waals surface area contributed by atoms with E-state index in [2.05, 4.69) is 21.2 Å². The van der Waals surface area contributed by atoms with E-state index in [9.17, 15) is 9.18 Å². The van der Waals surface area contributed by atoms with Crippen molar-refractivity contribution in [3.8, 4) is 0 Å². The van der Waals surface area contributed by atoms with Crippen LogP contribution in [0.15, 0.2) is 22.7 Å². The van der Waals surface area contributed by atoms with Crippen molar-refractivity contribution in [1.82, 2.24) is 0 Å². The van der Waals surface area contributed by atoms with Crippen molar-refractivity contribution in [1.29, 1.82) is 0 Å². The highest BCUT2D eigenvalue weighted by Gasteiger charge is 2.46. The van der Waals surface area contributed by atoms with Gasteiger partial charge in [0.25, 0.3) is 0 Å². The van der Waals surface area contributed by atoms with Crippen LogP contribution < -0.4 is 11.1 Å². The summed E-state index contributed by atoms with van der Waals surface area (Å²) in [7, 11) is 0. The van der Waals surface area contributed by atoms with Crippen LogP contribution in [0.2, 0.25) is 0 Å². The number of carbonyl (C=O) groups excluding carboxylic acids is 1. The van der Waals surface area contributed by atoms with Gasteiger partial charge in [-0.3, -0.25) is 4.79 Å². The molecule has 0 bridgehead atoms. The van der Waals surface area contributed by atoms with E-state index in [-0.39, 0.29) is 16.7 Å². The number of anilines is 1. The van der Waals surface area contributed by atoms with Gasteiger partial charge in [0.05, 0.1) is 14.9 Å². The Morgan fingerprint density at radius 2 is 2.17 bits per heavy atom. The molecule has 1 aromatic rings. The van der Waals surface area contributed by atoms with Crippen molar-refractivity contribution in [3.05, 3.63) is 28.5 Å². The van der Waals surface area contributed by atoms with Gasteiger partial charge >= 0.3 is 0 Å². The number of hydrogen-bond acceptors (Lipinski definition) is 2. The summed E-state index contributed by atoms with van der Waals surface area (Å²) in [4.78, 5) is 12.4. The van der Waals surface area contributed by atoms with Gasteiger partial charge in [0.2, 0.25) is 5.91 Å². The molecular formula is C12H12BrFN2OS. The van der Waals surface area contributed by atoms with E-state index in [4.69, 9.17) is 18.0 Å². The molecule has 0 atom stereocenters. The molecule has 0 saturated heterocycles. The summed E-state index contributed by atoms with van der Waals surface area (Å²) in [5, 5.41) is 2.73. The van der Waals surface area contributed by atoms with Crippen LogP contribution in [-0.4, -0.2) is 10.9 Å². The SMILES string of the molecule is NC(=S)C1(C(=O)Nc2ccc(F)c(Br)c2)CCC1. The Kier molecular flexibility index (Phi) is 3.68. The molecule has 18 heavy (non-hydrogen) atoms. The number of nitrogens with two attached hydrogens (primary N) is 1. The smallest absolute Gasteiger partial charge is 0.237 e. The fourth-order valence-corrected chi connectivity index (χ4v) is 2.62. The van der Waals surface area contributed by atoms with Crippen LogP contribution in [0.4, 0.5) is 10.1 Å². The third kappa shape index (κ3) is 2.27. The minimum atomic E-state index is -0.726. The second-order valence-corrected chi connectivity index (χ2v) is 5.68. The topological polar surface area (TPSA) is 55.1 Å². The number of thiocarbonyl (C=S) groups is 1. The Labute approximate surface area is 118 Å². The van der Waals surface area contributed by atoms with Gasteiger partial charge in [-0.2, -0.15) is 0 Å². The molecule has 1 aliphatic carbocycles. The Morgan fingerprint density at radius 3 is 2.61 bits per heavy atom. The lowest BCUT2D eigenvalue weighted by atomic mass is 9.68. The van der Waals surface area contributed by atoms with Crippen molar-refractivity contribution >= 4 is 44.7 Å². The fraction of sp³-hybridized carbons (Fsp3) is 0.333. The van der Waals surface area contributed by atoms with Crippen LogP contribution in [0, 0.1) is 11.2 Å². The van der Waals surface area contributed by atoms with Crippen molar-refractivity contribution in [2.24, 2.45) is 11.1 Å². The predicted octanol–water partition coefficient (Wildman–Crippen LogP) is 2.98. The number of amides is 1. The number of benzene rings is 1. The van der Waals surface area contributed by atoms with Gasteiger partial charge in [-0.05, 0) is 47.0 Å². The van der Waals surface area contributed by atoms with E-state index < -0.39 is 5.41 Å². The fourth-order valence-electron chi connectivity index (χ4n) is 1.94. The molecule has 0 aromatic heterocycles. The second kappa shape index (κ2) is 4.93. The first-order valence-electron chi connectivity index (χ1n) is 5.52. The van der Waals surface area contributed by atoms with Crippen molar-refractivity contribution in [2.75, 3.05) is 5.32 Å². The molecular weight excluding hydrogens is 319 g/mol. The first kappa shape index (κ1) is 13.4. The monoisotopic (exact) mass is 330 g/mol. The molecule has 1 amide bonds. The van der Waals surface area contributed by atoms with E-state index in [1.165, 1.54) is 18.2 Å². The zero-order chi connectivity index (χ0) is 13.3. The molecule has 0 aliphatic heterocycles. The van der Waals surface area contributed by atoms with Crippen LogP contribution in [0.25, 0.3) is 0 Å². The summed E-state index contributed by atoms with van der Waals surface area (Å²) in [5.74, 6) is -0.583. The molecule has 0 radical (unpaired) electrons. The van der Waals surface area contributed by atoms with Crippen LogP contribution in [0.5, 0.6) is 0 Å². The maximum absolute atomic E-state index is 13.1. The van der Waals surface area contributed by atoms with E-state index in [1.54, 1.807) is 0 Å². The molecule has 0 spiro atoms. The normalized spacial score (nSPS) is 16.8. The minimum Gasteiger partial charge on any atom is -0.392 e. The lowest BCUT2D eigenvalue weighted by molar-refractivity contribution is -0.125. The maximum Gasteiger partial charge on any atom is 0.237 e. The molecule has 0 unspecified atom stereocenters. The molecule has 3 nitrogen and oxygen atoms in total. The Morgan fingerprint density at radius 1 is 1.50 bits per heavy atom. The quantitative estimate of drug-likeness (QED) is 0.838. The first-order valence-corrected chi connectivity index (χ1v) is 6.72. The van der Waals surface area contributed by atoms with Gasteiger partial charge in [-0.15, -0.1) is 0 Å². The molecule has 2 rings (SSSR count). The summed E-state index contributed by atoms with van der Waals surface area (Å²) in [5.41, 5.74) is 5.44. The van der Waals surface area contributed by atoms with Crippen molar-refractivity contribution < 1.29 is 9.18 Å². The minimum absolute atomic E-state index is 0.209.